The number of Topliss-reactive ketones (excluding diaryl/α,β-unsaturated/α-hetero) is 2. The summed E-state index contributed by atoms with van der Waals surface area (Å²) in [6, 6.07) is 15.5. The first kappa shape index (κ1) is 28.3. The lowest BCUT2D eigenvalue weighted by Gasteiger charge is -2.28. The Morgan fingerprint density at radius 1 is 0.702 bits per heavy atom. The van der Waals surface area contributed by atoms with E-state index in [2.05, 4.69) is 28.7 Å². The van der Waals surface area contributed by atoms with Crippen molar-refractivity contribution in [2.75, 3.05) is 4.90 Å². The van der Waals surface area contributed by atoms with Crippen LogP contribution in [0.1, 0.15) is 114 Å². The van der Waals surface area contributed by atoms with E-state index in [0.29, 0.717) is 38.2 Å². The van der Waals surface area contributed by atoms with Crippen molar-refractivity contribution in [1.82, 2.24) is 9.97 Å². The van der Waals surface area contributed by atoms with Crippen molar-refractivity contribution >= 4 is 63.4 Å². The van der Waals surface area contributed by atoms with E-state index in [1.54, 1.807) is 42.5 Å². The number of H-pyrrole nitrogens is 1. The van der Waals surface area contributed by atoms with Gasteiger partial charge in [-0.3, -0.25) is 24.0 Å². The molecule has 1 N–H and O–H groups in total. The summed E-state index contributed by atoms with van der Waals surface area (Å²) in [7, 11) is 0. The molecule has 1 aliphatic heterocycles. The molecule has 47 heavy (non-hydrogen) atoms. The van der Waals surface area contributed by atoms with Crippen LogP contribution in [0.4, 0.5) is 5.69 Å². The summed E-state index contributed by atoms with van der Waals surface area (Å²) >= 11 is 4.28. The molecule has 0 radical (unpaired) electrons. The Balaban J connectivity index is 1.10. The van der Waals surface area contributed by atoms with Crippen molar-refractivity contribution in [3.8, 4) is 0 Å². The van der Waals surface area contributed by atoms with E-state index in [4.69, 9.17) is 0 Å². The molecule has 232 valence electrons. The van der Waals surface area contributed by atoms with E-state index in [0.717, 1.165) is 31.2 Å². The molecule has 9 heteroatoms. The number of thiol groups is 1. The van der Waals surface area contributed by atoms with E-state index in [1.807, 2.05) is 6.07 Å². The average Bonchev–Trinajstić information content (AvgIpc) is 3.75. The first-order valence-electron chi connectivity index (χ1n) is 16.2. The quantitative estimate of drug-likeness (QED) is 0.127. The zero-order chi connectivity index (χ0) is 32.1. The van der Waals surface area contributed by atoms with Crippen LogP contribution in [-0.4, -0.2) is 33.3 Å². The van der Waals surface area contributed by atoms with E-state index >= 15 is 0 Å². The van der Waals surface area contributed by atoms with Gasteiger partial charge in [-0.1, -0.05) is 18.9 Å². The smallest absolute Gasteiger partial charge is 0.266 e. The summed E-state index contributed by atoms with van der Waals surface area (Å²) in [5, 5.41) is 1.46. The Kier molecular flexibility index (Phi) is 6.21. The predicted molar refractivity (Wildman–Crippen MR) is 180 cm³/mol. The summed E-state index contributed by atoms with van der Waals surface area (Å²) in [5.74, 6) is -2.46. The van der Waals surface area contributed by atoms with Crippen LogP contribution in [0.2, 0.25) is 0 Å². The van der Waals surface area contributed by atoms with Gasteiger partial charge in [0.1, 0.15) is 11.7 Å². The van der Waals surface area contributed by atoms with Gasteiger partial charge in [-0.05, 0) is 120 Å². The molecule has 1 aromatic heterocycles. The number of aromatic nitrogens is 2. The second kappa shape index (κ2) is 10.3. The molecule has 4 aromatic carbocycles. The largest absolute Gasteiger partial charge is 0.309 e. The minimum Gasteiger partial charge on any atom is -0.309 e. The molecule has 0 atom stereocenters. The molecule has 0 unspecified atom stereocenters. The number of anilines is 1. The highest BCUT2D eigenvalue weighted by molar-refractivity contribution is 7.80. The van der Waals surface area contributed by atoms with Crippen LogP contribution in [-0.2, 0) is 12.8 Å². The molecule has 2 amide bonds. The third-order valence-electron chi connectivity index (χ3n) is 10.6. The minimum atomic E-state index is -1.29. The van der Waals surface area contributed by atoms with Gasteiger partial charge in [0.15, 0.2) is 11.6 Å². The Morgan fingerprint density at radius 3 is 1.98 bits per heavy atom. The van der Waals surface area contributed by atoms with Crippen molar-refractivity contribution in [3.63, 3.8) is 0 Å². The van der Waals surface area contributed by atoms with Crippen molar-refractivity contribution in [3.05, 3.63) is 110 Å². The number of nitrogens with zero attached hydrogens (tertiary/aromatic N) is 2. The standard InChI is InChI=1S/C38H29N3O5S/c42-33-25-13-19-15-27-28(16-20(19)14-26(25)34(43)32(33)35-39-30-11-9-21(47)17-29(30)36(44)40-35)38(46)41(37(27)45)31-12-10-22(18-5-1-2-6-18)23-7-3-4-8-24(23)31/h9-18,32,47H,1-8H2,(H,39,40,44). The molecule has 8 nitrogen and oxygen atoms in total. The fourth-order valence-electron chi connectivity index (χ4n) is 8.33. The summed E-state index contributed by atoms with van der Waals surface area (Å²) in [4.78, 5) is 77.1. The highest BCUT2D eigenvalue weighted by Crippen LogP contribution is 2.44. The number of hydrogen-bond acceptors (Lipinski definition) is 7. The minimum absolute atomic E-state index is 0.0181. The summed E-state index contributed by atoms with van der Waals surface area (Å²) in [6.45, 7) is 0. The monoisotopic (exact) mass is 639 g/mol. The average molecular weight is 640 g/mol. The zero-order valence-electron chi connectivity index (χ0n) is 25.4. The van der Waals surface area contributed by atoms with Gasteiger partial charge in [-0.15, -0.1) is 12.6 Å². The number of fused-ring (bicyclic) bond motifs is 5. The lowest BCUT2D eigenvalue weighted by atomic mass is 9.82. The topological polar surface area (TPSA) is 117 Å². The van der Waals surface area contributed by atoms with Crippen LogP contribution in [0.5, 0.6) is 0 Å². The maximum absolute atomic E-state index is 14.0. The summed E-state index contributed by atoms with van der Waals surface area (Å²) < 4.78 is 0. The van der Waals surface area contributed by atoms with Gasteiger partial charge >= 0.3 is 0 Å². The number of benzene rings is 4. The number of hydrogen-bond donors (Lipinski definition) is 2. The molecule has 2 heterocycles. The SMILES string of the molecule is O=C1c2cc3cc4c(cc3cc2C(=O)C1c1nc2ccc(S)cc2c(=O)[nH]1)C(=O)N(c1ccc(C2CCCC2)c2c1CCCC2)C4=O. The molecule has 1 fully saturated rings. The van der Waals surface area contributed by atoms with Gasteiger partial charge in [0.05, 0.1) is 27.7 Å². The number of ketones is 2. The van der Waals surface area contributed by atoms with Gasteiger partial charge in [0, 0.05) is 16.0 Å². The molecule has 4 aliphatic rings. The molecular weight excluding hydrogens is 611 g/mol. The Morgan fingerprint density at radius 2 is 1.32 bits per heavy atom. The highest BCUT2D eigenvalue weighted by atomic mass is 32.1. The predicted octanol–water partition coefficient (Wildman–Crippen LogP) is 6.86. The molecule has 5 aromatic rings. The van der Waals surface area contributed by atoms with Crippen LogP contribution in [0.3, 0.4) is 0 Å². The normalized spacial score (nSPS) is 18.1. The third kappa shape index (κ3) is 4.15. The molecule has 3 aliphatic carbocycles. The van der Waals surface area contributed by atoms with Gasteiger partial charge in [-0.2, -0.15) is 0 Å². The molecule has 0 bridgehead atoms. The van der Waals surface area contributed by atoms with Gasteiger partial charge in [-0.25, -0.2) is 9.88 Å². The van der Waals surface area contributed by atoms with E-state index in [-0.39, 0.29) is 39.9 Å². The van der Waals surface area contributed by atoms with Gasteiger partial charge in [0.25, 0.3) is 17.4 Å². The highest BCUT2D eigenvalue weighted by Gasteiger charge is 2.43. The molecule has 0 saturated heterocycles. The number of nitrogens with one attached hydrogen (secondary N) is 1. The third-order valence-corrected chi connectivity index (χ3v) is 10.9. The lowest BCUT2D eigenvalue weighted by Crippen LogP contribution is -2.31. The van der Waals surface area contributed by atoms with E-state index in [9.17, 15) is 24.0 Å². The number of imide groups is 1. The maximum Gasteiger partial charge on any atom is 0.266 e. The Bertz CT molecular complexity index is 2280. The van der Waals surface area contributed by atoms with Crippen molar-refractivity contribution < 1.29 is 19.2 Å². The van der Waals surface area contributed by atoms with Gasteiger partial charge < -0.3 is 4.98 Å². The number of amides is 2. The number of carbonyl (C=O) groups is 4. The summed E-state index contributed by atoms with van der Waals surface area (Å²) in [5.41, 5.74) is 5.36. The fraction of sp³-hybridized carbons (Fsp3) is 0.263. The lowest BCUT2D eigenvalue weighted by molar-refractivity contribution is 0.0880. The van der Waals surface area contributed by atoms with Crippen LogP contribution < -0.4 is 10.5 Å². The second-order valence-corrected chi connectivity index (χ2v) is 13.7. The molecule has 1 saturated carbocycles. The number of aromatic amines is 1. The summed E-state index contributed by atoms with van der Waals surface area (Å²) in [6.07, 6.45) is 8.80. The number of rotatable bonds is 3. The van der Waals surface area contributed by atoms with Crippen molar-refractivity contribution in [1.29, 1.82) is 0 Å². The second-order valence-electron chi connectivity index (χ2n) is 13.2. The van der Waals surface area contributed by atoms with Crippen molar-refractivity contribution in [2.24, 2.45) is 0 Å². The molecular formula is C38H29N3O5S. The molecule has 0 spiro atoms. The Labute approximate surface area is 274 Å². The van der Waals surface area contributed by atoms with Crippen LogP contribution in [0.15, 0.2) is 64.3 Å². The maximum atomic E-state index is 14.0. The Hall–Kier alpha value is -4.89. The van der Waals surface area contributed by atoms with Crippen LogP contribution in [0.25, 0.3) is 21.7 Å². The van der Waals surface area contributed by atoms with Crippen LogP contribution in [0, 0.1) is 0 Å². The first-order chi connectivity index (χ1) is 22.8. The van der Waals surface area contributed by atoms with E-state index < -0.39 is 23.0 Å². The number of carbonyl (C=O) groups excluding carboxylic acids is 4. The fourth-order valence-corrected chi connectivity index (χ4v) is 8.53. The van der Waals surface area contributed by atoms with Crippen molar-refractivity contribution in [2.45, 2.75) is 68.1 Å². The van der Waals surface area contributed by atoms with Crippen LogP contribution >= 0.6 is 12.6 Å². The van der Waals surface area contributed by atoms with Gasteiger partial charge in [0.2, 0.25) is 0 Å². The first-order valence-corrected chi connectivity index (χ1v) is 16.7. The van der Waals surface area contributed by atoms with E-state index in [1.165, 1.54) is 41.7 Å². The molecule has 9 rings (SSSR count). The zero-order valence-corrected chi connectivity index (χ0v) is 26.3.